The molecule has 0 radical (unpaired) electrons. The fourth-order valence-electron chi connectivity index (χ4n) is 4.00. The van der Waals surface area contributed by atoms with Gasteiger partial charge in [-0.25, -0.2) is 0 Å². The number of benzene rings is 1. The van der Waals surface area contributed by atoms with Crippen molar-refractivity contribution < 1.29 is 29.0 Å². The van der Waals surface area contributed by atoms with E-state index in [9.17, 15) is 19.5 Å². The minimum atomic E-state index is -1.63. The quantitative estimate of drug-likeness (QED) is 0.578. The third kappa shape index (κ3) is 5.24. The van der Waals surface area contributed by atoms with Gasteiger partial charge in [-0.15, -0.1) is 0 Å². The Morgan fingerprint density at radius 2 is 1.59 bits per heavy atom. The maximum Gasteiger partial charge on any atom is 0.317 e. The molecule has 0 saturated heterocycles. The molecule has 0 bridgehead atoms. The van der Waals surface area contributed by atoms with Gasteiger partial charge in [-0.1, -0.05) is 31.2 Å². The SMILES string of the molecule is CCc1ccc([C@H]2[C@H](C(=O)OC(C)C)C(=O)C[C@@](C)(O)[C@@H]2C(=O)OC(C)C)cc1. The van der Waals surface area contributed by atoms with Gasteiger partial charge in [-0.3, -0.25) is 14.4 Å². The number of aryl methyl sites for hydroxylation is 1. The summed E-state index contributed by atoms with van der Waals surface area (Å²) in [6.07, 6.45) is -0.270. The average molecular weight is 405 g/mol. The maximum absolute atomic E-state index is 13.0. The molecule has 0 amide bonds. The maximum atomic E-state index is 13.0. The number of rotatable bonds is 6. The predicted molar refractivity (Wildman–Crippen MR) is 108 cm³/mol. The lowest BCUT2D eigenvalue weighted by molar-refractivity contribution is -0.176. The minimum Gasteiger partial charge on any atom is -0.463 e. The van der Waals surface area contributed by atoms with E-state index >= 15 is 0 Å². The van der Waals surface area contributed by atoms with Crippen molar-refractivity contribution in [3.63, 3.8) is 0 Å². The van der Waals surface area contributed by atoms with Crippen molar-refractivity contribution in [1.29, 1.82) is 0 Å². The van der Waals surface area contributed by atoms with Gasteiger partial charge in [0.1, 0.15) is 5.92 Å². The first kappa shape index (κ1) is 23.1. The second-order valence-electron chi connectivity index (χ2n) is 8.55. The van der Waals surface area contributed by atoms with Crippen LogP contribution in [-0.4, -0.2) is 40.6 Å². The molecule has 0 heterocycles. The highest BCUT2D eigenvalue weighted by Crippen LogP contribution is 2.47. The van der Waals surface area contributed by atoms with Crippen molar-refractivity contribution >= 4 is 17.7 Å². The number of aliphatic hydroxyl groups is 1. The molecule has 1 aliphatic rings. The third-order valence-corrected chi connectivity index (χ3v) is 5.25. The van der Waals surface area contributed by atoms with Crippen molar-refractivity contribution in [1.82, 2.24) is 0 Å². The molecule has 0 aromatic heterocycles. The van der Waals surface area contributed by atoms with Crippen LogP contribution in [0.5, 0.6) is 0 Å². The number of carbonyl (C=O) groups excluding carboxylic acids is 3. The van der Waals surface area contributed by atoms with E-state index in [0.717, 1.165) is 12.0 Å². The summed E-state index contributed by atoms with van der Waals surface area (Å²) in [5.41, 5.74) is 0.0865. The second kappa shape index (κ2) is 9.08. The summed E-state index contributed by atoms with van der Waals surface area (Å²) in [7, 11) is 0. The molecule has 6 nitrogen and oxygen atoms in total. The van der Waals surface area contributed by atoms with Gasteiger partial charge in [0.05, 0.1) is 23.7 Å². The highest BCUT2D eigenvalue weighted by Gasteiger charge is 2.57. The number of Topliss-reactive ketones (excluding diaryl/α,β-unsaturated/α-hetero) is 1. The Hall–Kier alpha value is -2.21. The number of hydrogen-bond donors (Lipinski definition) is 1. The van der Waals surface area contributed by atoms with Crippen LogP contribution in [0.25, 0.3) is 0 Å². The van der Waals surface area contributed by atoms with Crippen LogP contribution in [0.1, 0.15) is 65.0 Å². The van der Waals surface area contributed by atoms with Crippen LogP contribution in [0, 0.1) is 11.8 Å². The highest BCUT2D eigenvalue weighted by molar-refractivity contribution is 6.02. The first-order valence-corrected chi connectivity index (χ1v) is 10.2. The number of esters is 2. The monoisotopic (exact) mass is 404 g/mol. The largest absolute Gasteiger partial charge is 0.463 e. The molecule has 1 aromatic carbocycles. The molecule has 1 N–H and O–H groups in total. The van der Waals surface area contributed by atoms with Crippen LogP contribution >= 0.6 is 0 Å². The van der Waals surface area contributed by atoms with Crippen molar-refractivity contribution in [2.75, 3.05) is 0 Å². The van der Waals surface area contributed by atoms with E-state index in [1.807, 2.05) is 31.2 Å². The van der Waals surface area contributed by atoms with Gasteiger partial charge in [0.15, 0.2) is 5.78 Å². The first-order valence-electron chi connectivity index (χ1n) is 10.2. The first-order chi connectivity index (χ1) is 13.5. The Balaban J connectivity index is 2.60. The summed E-state index contributed by atoms with van der Waals surface area (Å²) < 4.78 is 10.7. The standard InChI is InChI=1S/C23H32O6/c1-7-15-8-10-16(11-9-15)18-19(21(25)28-13(2)3)17(24)12-23(6,27)20(18)22(26)29-14(4)5/h8-11,13-14,18-20,27H,7,12H2,1-6H3/t18-,19+,20-,23+/m0/s1. The average Bonchev–Trinajstić information content (AvgIpc) is 2.58. The van der Waals surface area contributed by atoms with Crippen molar-refractivity contribution in [3.8, 4) is 0 Å². The van der Waals surface area contributed by atoms with Crippen molar-refractivity contribution in [2.24, 2.45) is 11.8 Å². The third-order valence-electron chi connectivity index (χ3n) is 5.25. The van der Waals surface area contributed by atoms with Crippen molar-refractivity contribution in [2.45, 2.75) is 78.1 Å². The Morgan fingerprint density at radius 3 is 2.07 bits per heavy atom. The summed E-state index contributed by atoms with van der Waals surface area (Å²) in [4.78, 5) is 38.7. The molecule has 0 aliphatic heterocycles. The van der Waals surface area contributed by atoms with Crippen LogP contribution in [-0.2, 0) is 30.3 Å². The second-order valence-corrected chi connectivity index (χ2v) is 8.55. The zero-order chi connectivity index (χ0) is 21.9. The molecule has 1 fully saturated rings. The number of ketones is 1. The fourth-order valence-corrected chi connectivity index (χ4v) is 4.00. The molecule has 0 spiro atoms. The molecule has 2 rings (SSSR count). The fraction of sp³-hybridized carbons (Fsp3) is 0.609. The smallest absolute Gasteiger partial charge is 0.317 e. The normalized spacial score (nSPS) is 27.2. The van der Waals surface area contributed by atoms with Gasteiger partial charge < -0.3 is 14.6 Å². The predicted octanol–water partition coefficient (Wildman–Crippen LogP) is 3.19. The van der Waals surface area contributed by atoms with Gasteiger partial charge in [-0.05, 0) is 52.2 Å². The lowest BCUT2D eigenvalue weighted by Crippen LogP contribution is -2.55. The molecular formula is C23H32O6. The minimum absolute atomic E-state index is 0.313. The van der Waals surface area contributed by atoms with E-state index in [0.29, 0.717) is 5.56 Å². The lowest BCUT2D eigenvalue weighted by atomic mass is 9.61. The summed E-state index contributed by atoms with van der Waals surface area (Å²) in [6.45, 7) is 10.3. The Morgan fingerprint density at radius 1 is 1.07 bits per heavy atom. The molecule has 6 heteroatoms. The van der Waals surface area contributed by atoms with Gasteiger partial charge in [0, 0.05) is 12.3 Å². The summed E-state index contributed by atoms with van der Waals surface area (Å²) in [5.74, 6) is -4.83. The topological polar surface area (TPSA) is 89.9 Å². The van der Waals surface area contributed by atoms with Crippen LogP contribution in [0.2, 0.25) is 0 Å². The van der Waals surface area contributed by atoms with Crippen LogP contribution < -0.4 is 0 Å². The molecule has 1 aliphatic carbocycles. The van der Waals surface area contributed by atoms with Crippen LogP contribution in [0.3, 0.4) is 0 Å². The van der Waals surface area contributed by atoms with E-state index in [1.54, 1.807) is 27.7 Å². The van der Waals surface area contributed by atoms with Crippen LogP contribution in [0.4, 0.5) is 0 Å². The number of ether oxygens (including phenoxy) is 2. The number of hydrogen-bond acceptors (Lipinski definition) is 6. The molecule has 0 unspecified atom stereocenters. The Kier molecular flexibility index (Phi) is 7.22. The van der Waals surface area contributed by atoms with Gasteiger partial charge in [0.25, 0.3) is 0 Å². The highest BCUT2D eigenvalue weighted by atomic mass is 16.5. The molecule has 1 saturated carbocycles. The van der Waals surface area contributed by atoms with E-state index < -0.39 is 47.2 Å². The van der Waals surface area contributed by atoms with Gasteiger partial charge >= 0.3 is 11.9 Å². The van der Waals surface area contributed by atoms with E-state index in [2.05, 4.69) is 0 Å². The molecule has 1 aromatic rings. The summed E-state index contributed by atoms with van der Waals surface area (Å²) >= 11 is 0. The zero-order valence-electron chi connectivity index (χ0n) is 18.1. The van der Waals surface area contributed by atoms with E-state index in [1.165, 1.54) is 6.92 Å². The summed E-state index contributed by atoms with van der Waals surface area (Å²) in [6, 6.07) is 7.42. The Labute approximate surface area is 172 Å². The van der Waals surface area contributed by atoms with E-state index in [-0.39, 0.29) is 12.5 Å². The Bertz CT molecular complexity index is 739. The zero-order valence-corrected chi connectivity index (χ0v) is 18.1. The van der Waals surface area contributed by atoms with Gasteiger partial charge in [0.2, 0.25) is 0 Å². The summed E-state index contributed by atoms with van der Waals surface area (Å²) in [5, 5.41) is 11.0. The van der Waals surface area contributed by atoms with Crippen molar-refractivity contribution in [3.05, 3.63) is 35.4 Å². The molecule has 160 valence electrons. The molecule has 4 atom stereocenters. The van der Waals surface area contributed by atoms with E-state index in [4.69, 9.17) is 9.47 Å². The molecular weight excluding hydrogens is 372 g/mol. The number of carbonyl (C=O) groups is 3. The molecule has 29 heavy (non-hydrogen) atoms. The van der Waals surface area contributed by atoms with Gasteiger partial charge in [-0.2, -0.15) is 0 Å². The van der Waals surface area contributed by atoms with Crippen LogP contribution in [0.15, 0.2) is 24.3 Å². The lowest BCUT2D eigenvalue weighted by Gasteiger charge is -2.44.